The topological polar surface area (TPSA) is 40.5 Å². The van der Waals surface area contributed by atoms with Crippen molar-refractivity contribution in [1.29, 1.82) is 0 Å². The molecule has 0 amide bonds. The summed E-state index contributed by atoms with van der Waals surface area (Å²) in [5.41, 5.74) is 2.87. The van der Waals surface area contributed by atoms with Gasteiger partial charge in [-0.3, -0.25) is 10.5 Å². The minimum atomic E-state index is 0.639. The Morgan fingerprint density at radius 1 is 1.12 bits per heavy atom. The highest BCUT2D eigenvalue weighted by molar-refractivity contribution is 5.24. The monoisotopic (exact) mass is 222 g/mol. The summed E-state index contributed by atoms with van der Waals surface area (Å²) in [4.78, 5) is 0. The summed E-state index contributed by atoms with van der Waals surface area (Å²) in [5.74, 6) is 0.639. The Bertz CT molecular complexity index is 286. The third-order valence-corrected chi connectivity index (χ3v) is 2.48. The Balaban J connectivity index is 0.00000106. The van der Waals surface area contributed by atoms with E-state index < -0.39 is 0 Å². The lowest BCUT2D eigenvalue weighted by Crippen LogP contribution is -1.88. The van der Waals surface area contributed by atoms with Crippen LogP contribution < -0.4 is 0 Å². The van der Waals surface area contributed by atoms with Gasteiger partial charge in [0.1, 0.15) is 0 Å². The molecule has 2 heteroatoms. The van der Waals surface area contributed by atoms with Crippen molar-refractivity contribution in [3.8, 4) is 0 Å². The van der Waals surface area contributed by atoms with Crippen LogP contribution in [0, 0.1) is 0 Å². The van der Waals surface area contributed by atoms with E-state index >= 15 is 0 Å². The summed E-state index contributed by atoms with van der Waals surface area (Å²) >= 11 is 0. The van der Waals surface area contributed by atoms with Gasteiger partial charge >= 0.3 is 0 Å². The summed E-state index contributed by atoms with van der Waals surface area (Å²) in [6.45, 7) is 6.53. The Morgan fingerprint density at radius 3 is 2.12 bits per heavy atom. The van der Waals surface area contributed by atoms with Gasteiger partial charge in [-0.2, -0.15) is 0 Å². The van der Waals surface area contributed by atoms with Crippen LogP contribution in [-0.4, -0.2) is 10.5 Å². The SMILES string of the molecule is CC=CCCc1ccc(C(C)C)cc1.OO. The maximum Gasteiger partial charge on any atom is -0.0219 e. The lowest BCUT2D eigenvalue weighted by atomic mass is 10.0. The van der Waals surface area contributed by atoms with Crippen molar-refractivity contribution >= 4 is 0 Å². The van der Waals surface area contributed by atoms with Crippen LogP contribution in [0.5, 0.6) is 0 Å². The number of aryl methyl sites for hydroxylation is 1. The normalized spacial score (nSPS) is 10.4. The summed E-state index contributed by atoms with van der Waals surface area (Å²) in [7, 11) is 0. The van der Waals surface area contributed by atoms with Crippen LogP contribution >= 0.6 is 0 Å². The molecule has 0 unspecified atom stereocenters. The molecule has 0 fully saturated rings. The zero-order valence-electron chi connectivity index (χ0n) is 10.4. The second kappa shape index (κ2) is 9.13. The molecule has 0 aliphatic heterocycles. The second-order valence-electron chi connectivity index (χ2n) is 4.00. The molecule has 1 aromatic rings. The zero-order chi connectivity index (χ0) is 12.4. The maximum absolute atomic E-state index is 6.00. The third-order valence-electron chi connectivity index (χ3n) is 2.48. The Hall–Kier alpha value is -1.12. The van der Waals surface area contributed by atoms with Crippen LogP contribution in [0.1, 0.15) is 44.2 Å². The van der Waals surface area contributed by atoms with Gasteiger partial charge in [-0.25, -0.2) is 0 Å². The van der Waals surface area contributed by atoms with Crippen molar-refractivity contribution in [3.63, 3.8) is 0 Å². The van der Waals surface area contributed by atoms with Crippen LogP contribution in [-0.2, 0) is 6.42 Å². The van der Waals surface area contributed by atoms with Gasteiger partial charge in [-0.1, -0.05) is 50.3 Å². The molecule has 1 rings (SSSR count). The number of allylic oxidation sites excluding steroid dienone is 2. The molecule has 0 heterocycles. The van der Waals surface area contributed by atoms with E-state index in [9.17, 15) is 0 Å². The average Bonchev–Trinajstić information content (AvgIpc) is 2.33. The van der Waals surface area contributed by atoms with Crippen molar-refractivity contribution in [2.24, 2.45) is 0 Å². The molecule has 90 valence electrons. The number of hydrogen-bond acceptors (Lipinski definition) is 2. The second-order valence-corrected chi connectivity index (χ2v) is 4.00. The van der Waals surface area contributed by atoms with Crippen LogP contribution in [0.15, 0.2) is 36.4 Å². The Kier molecular flexibility index (Phi) is 8.49. The van der Waals surface area contributed by atoms with Gasteiger partial charge in [0.05, 0.1) is 0 Å². The van der Waals surface area contributed by atoms with Gasteiger partial charge in [-0.15, -0.1) is 0 Å². The summed E-state index contributed by atoms with van der Waals surface area (Å²) in [6, 6.07) is 8.99. The highest BCUT2D eigenvalue weighted by atomic mass is 17.0. The minimum absolute atomic E-state index is 0.639. The molecule has 0 bridgehead atoms. The first kappa shape index (κ1) is 14.9. The van der Waals surface area contributed by atoms with Crippen molar-refractivity contribution in [2.75, 3.05) is 0 Å². The molecular weight excluding hydrogens is 200 g/mol. The van der Waals surface area contributed by atoms with E-state index in [-0.39, 0.29) is 0 Å². The van der Waals surface area contributed by atoms with Crippen LogP contribution in [0.4, 0.5) is 0 Å². The summed E-state index contributed by atoms with van der Waals surface area (Å²) in [6.07, 6.45) is 6.64. The largest absolute Gasteiger partial charge is 0.255 e. The van der Waals surface area contributed by atoms with E-state index in [1.807, 2.05) is 0 Å². The average molecular weight is 222 g/mol. The zero-order valence-corrected chi connectivity index (χ0v) is 10.4. The molecule has 0 saturated carbocycles. The molecule has 2 nitrogen and oxygen atoms in total. The van der Waals surface area contributed by atoms with Crippen molar-refractivity contribution in [3.05, 3.63) is 47.5 Å². The predicted octanol–water partition coefficient (Wildman–Crippen LogP) is 4.34. The van der Waals surface area contributed by atoms with Crippen molar-refractivity contribution in [1.82, 2.24) is 0 Å². The van der Waals surface area contributed by atoms with E-state index in [2.05, 4.69) is 57.2 Å². The molecule has 0 radical (unpaired) electrons. The van der Waals surface area contributed by atoms with E-state index in [0.717, 1.165) is 12.8 Å². The van der Waals surface area contributed by atoms with E-state index in [0.29, 0.717) is 5.92 Å². The van der Waals surface area contributed by atoms with Gasteiger partial charge in [-0.05, 0) is 36.8 Å². The lowest BCUT2D eigenvalue weighted by molar-refractivity contribution is -0.176. The Morgan fingerprint density at radius 2 is 1.69 bits per heavy atom. The number of rotatable bonds is 4. The van der Waals surface area contributed by atoms with Crippen molar-refractivity contribution < 1.29 is 10.5 Å². The van der Waals surface area contributed by atoms with Crippen molar-refractivity contribution in [2.45, 2.75) is 39.5 Å². The van der Waals surface area contributed by atoms with Gasteiger partial charge in [0.15, 0.2) is 0 Å². The van der Waals surface area contributed by atoms with Crippen LogP contribution in [0.3, 0.4) is 0 Å². The van der Waals surface area contributed by atoms with Gasteiger partial charge in [0.2, 0.25) is 0 Å². The third kappa shape index (κ3) is 5.69. The summed E-state index contributed by atoms with van der Waals surface area (Å²) < 4.78 is 0. The predicted molar refractivity (Wildman–Crippen MR) is 68.9 cm³/mol. The Labute approximate surface area is 98.2 Å². The molecule has 0 atom stereocenters. The van der Waals surface area contributed by atoms with Gasteiger partial charge < -0.3 is 0 Å². The highest BCUT2D eigenvalue weighted by Crippen LogP contribution is 2.15. The fraction of sp³-hybridized carbons (Fsp3) is 0.429. The fourth-order valence-corrected chi connectivity index (χ4v) is 1.49. The fourth-order valence-electron chi connectivity index (χ4n) is 1.49. The summed E-state index contributed by atoms with van der Waals surface area (Å²) in [5, 5.41) is 12.0. The number of benzene rings is 1. The van der Waals surface area contributed by atoms with E-state index in [1.165, 1.54) is 11.1 Å². The highest BCUT2D eigenvalue weighted by Gasteiger charge is 1.97. The molecule has 0 saturated heterocycles. The first-order chi connectivity index (χ1) is 7.74. The maximum atomic E-state index is 6.00. The molecule has 0 aromatic heterocycles. The van der Waals surface area contributed by atoms with E-state index in [4.69, 9.17) is 10.5 Å². The standard InChI is InChI=1S/C14H20.H2O2/c1-4-5-6-7-13-8-10-14(11-9-13)12(2)3;1-2/h4-5,8-12H,6-7H2,1-3H3;1-2H. The number of hydrogen-bond donors (Lipinski definition) is 2. The van der Waals surface area contributed by atoms with Gasteiger partial charge in [0.25, 0.3) is 0 Å². The first-order valence-corrected chi connectivity index (χ1v) is 5.64. The minimum Gasteiger partial charge on any atom is -0.255 e. The molecular formula is C14H22O2. The van der Waals surface area contributed by atoms with Crippen LogP contribution in [0.2, 0.25) is 0 Å². The molecule has 1 aromatic carbocycles. The molecule has 2 N–H and O–H groups in total. The smallest absolute Gasteiger partial charge is 0.0219 e. The molecule has 16 heavy (non-hydrogen) atoms. The van der Waals surface area contributed by atoms with E-state index in [1.54, 1.807) is 0 Å². The first-order valence-electron chi connectivity index (χ1n) is 5.64. The van der Waals surface area contributed by atoms with Crippen LogP contribution in [0.25, 0.3) is 0 Å². The van der Waals surface area contributed by atoms with Gasteiger partial charge in [0, 0.05) is 0 Å². The quantitative estimate of drug-likeness (QED) is 0.452. The molecule has 0 aliphatic rings. The molecule has 0 aliphatic carbocycles. The molecule has 0 spiro atoms. The lowest BCUT2D eigenvalue weighted by Gasteiger charge is -2.05.